The van der Waals surface area contributed by atoms with Gasteiger partial charge in [-0.1, -0.05) is 48.5 Å². The van der Waals surface area contributed by atoms with Crippen LogP contribution in [0.15, 0.2) is 77.8 Å². The van der Waals surface area contributed by atoms with Crippen LogP contribution in [-0.2, 0) is 11.2 Å². The molecule has 0 aliphatic carbocycles. The summed E-state index contributed by atoms with van der Waals surface area (Å²) in [5.41, 5.74) is 2.71. The van der Waals surface area contributed by atoms with E-state index in [-0.39, 0.29) is 11.9 Å². The predicted molar refractivity (Wildman–Crippen MR) is 129 cm³/mol. The third kappa shape index (κ3) is 4.16. The highest BCUT2D eigenvalue weighted by molar-refractivity contribution is 6.04. The van der Waals surface area contributed by atoms with Crippen molar-refractivity contribution in [1.29, 1.82) is 0 Å². The number of piperazine rings is 1. The molecule has 1 fully saturated rings. The Hall–Kier alpha value is -3.80. The molecular weight excluding hydrogens is 414 g/mol. The maximum atomic E-state index is 13.0. The Morgan fingerprint density at radius 3 is 2.61 bits per heavy atom. The second-order valence-electron chi connectivity index (χ2n) is 8.39. The number of carbonyl (C=O) groups excluding carboxylic acids is 1. The van der Waals surface area contributed by atoms with Gasteiger partial charge >= 0.3 is 0 Å². The number of methoxy groups -OCH3 is 1. The number of rotatable bonds is 3. The maximum Gasteiger partial charge on any atom is 0.227 e. The Balaban J connectivity index is 1.43. The molecular formula is C27H27N3O3. The van der Waals surface area contributed by atoms with Gasteiger partial charge in [-0.05, 0) is 36.8 Å². The number of para-hydroxylation sites is 3. The Labute approximate surface area is 194 Å². The number of carbonyl (C=O) groups is 1. The van der Waals surface area contributed by atoms with Crippen LogP contribution in [0, 0.1) is 0 Å². The van der Waals surface area contributed by atoms with Crippen molar-refractivity contribution >= 4 is 17.4 Å². The van der Waals surface area contributed by atoms with Gasteiger partial charge in [0.15, 0.2) is 17.2 Å². The predicted octanol–water partition coefficient (Wildman–Crippen LogP) is 4.65. The summed E-state index contributed by atoms with van der Waals surface area (Å²) in [7, 11) is 1.64. The third-order valence-electron chi connectivity index (χ3n) is 6.19. The topological polar surface area (TPSA) is 54.4 Å². The van der Waals surface area contributed by atoms with Crippen LogP contribution in [0.25, 0.3) is 0 Å². The van der Waals surface area contributed by atoms with E-state index in [1.54, 1.807) is 7.11 Å². The maximum absolute atomic E-state index is 13.0. The van der Waals surface area contributed by atoms with Crippen LogP contribution >= 0.6 is 0 Å². The average Bonchev–Trinajstić information content (AvgIpc) is 3.01. The molecule has 2 aliphatic heterocycles. The van der Waals surface area contributed by atoms with Gasteiger partial charge in [0.05, 0.1) is 19.1 Å². The summed E-state index contributed by atoms with van der Waals surface area (Å²) in [6, 6.07) is 23.6. The summed E-state index contributed by atoms with van der Waals surface area (Å²) in [6.07, 6.45) is 0.424. The lowest BCUT2D eigenvalue weighted by Gasteiger charge is -2.41. The summed E-state index contributed by atoms with van der Waals surface area (Å²) in [6.45, 7) is 4.14. The number of amidine groups is 1. The Morgan fingerprint density at radius 1 is 1.03 bits per heavy atom. The fraction of sp³-hybridized carbons (Fsp3) is 0.259. The smallest absolute Gasteiger partial charge is 0.227 e. The number of amides is 1. The lowest BCUT2D eigenvalue weighted by atomic mass is 10.1. The zero-order chi connectivity index (χ0) is 22.8. The molecule has 0 N–H and O–H groups in total. The minimum atomic E-state index is 0.0612. The van der Waals surface area contributed by atoms with E-state index in [1.807, 2.05) is 77.7 Å². The minimum Gasteiger partial charge on any atom is -0.493 e. The van der Waals surface area contributed by atoms with E-state index >= 15 is 0 Å². The Bertz CT molecular complexity index is 1190. The Morgan fingerprint density at radius 2 is 1.82 bits per heavy atom. The zero-order valence-electron chi connectivity index (χ0n) is 18.9. The van der Waals surface area contributed by atoms with Gasteiger partial charge in [-0.25, -0.2) is 4.99 Å². The molecule has 168 valence electrons. The molecule has 1 atom stereocenters. The van der Waals surface area contributed by atoms with Crippen LogP contribution in [0.4, 0.5) is 5.69 Å². The van der Waals surface area contributed by atoms with E-state index < -0.39 is 0 Å². The van der Waals surface area contributed by atoms with Gasteiger partial charge in [0, 0.05) is 25.7 Å². The normalized spacial score (nSPS) is 17.3. The van der Waals surface area contributed by atoms with Crippen LogP contribution in [0.1, 0.15) is 18.1 Å². The van der Waals surface area contributed by atoms with Crippen LogP contribution in [0.5, 0.6) is 17.2 Å². The number of aliphatic imine (C=N–C) groups is 1. The fourth-order valence-corrected chi connectivity index (χ4v) is 4.51. The molecule has 5 rings (SSSR count). The number of nitrogens with zero attached hydrogens (tertiary/aromatic N) is 3. The molecule has 2 aliphatic rings. The van der Waals surface area contributed by atoms with Gasteiger partial charge in [-0.2, -0.15) is 0 Å². The molecule has 1 saturated heterocycles. The van der Waals surface area contributed by atoms with E-state index in [2.05, 4.69) is 11.8 Å². The van der Waals surface area contributed by atoms with Crippen molar-refractivity contribution in [3.05, 3.63) is 83.9 Å². The van der Waals surface area contributed by atoms with Gasteiger partial charge in [-0.15, -0.1) is 0 Å². The molecule has 1 unspecified atom stereocenters. The van der Waals surface area contributed by atoms with Gasteiger partial charge in [0.1, 0.15) is 11.5 Å². The molecule has 0 radical (unpaired) electrons. The highest BCUT2D eigenvalue weighted by Crippen LogP contribution is 2.42. The van der Waals surface area contributed by atoms with Crippen molar-refractivity contribution < 1.29 is 14.3 Å². The fourth-order valence-electron chi connectivity index (χ4n) is 4.51. The molecule has 33 heavy (non-hydrogen) atoms. The van der Waals surface area contributed by atoms with Crippen molar-refractivity contribution in [2.45, 2.75) is 19.4 Å². The first kappa shape index (κ1) is 21.1. The first-order valence-corrected chi connectivity index (χ1v) is 11.3. The standard InChI is InChI=1S/C27H27N3O3/c1-19-18-29(15-16-30(19)25(31)17-20-9-4-3-5-10-20)27-21-11-8-14-24(32-2)26(21)33-23-13-7-6-12-22(23)28-27/h3-14,19H,15-18H2,1-2H3. The van der Waals surface area contributed by atoms with Crippen LogP contribution in [0.2, 0.25) is 0 Å². The molecule has 0 aromatic heterocycles. The summed E-state index contributed by atoms with van der Waals surface area (Å²) >= 11 is 0. The second-order valence-corrected chi connectivity index (χ2v) is 8.39. The summed E-state index contributed by atoms with van der Waals surface area (Å²) < 4.78 is 11.9. The average molecular weight is 442 g/mol. The first-order chi connectivity index (χ1) is 16.1. The SMILES string of the molecule is COc1cccc2c1Oc1ccccc1N=C2N1CCN(C(=O)Cc2ccccc2)C(C)C1. The van der Waals surface area contributed by atoms with Crippen molar-refractivity contribution in [2.75, 3.05) is 26.7 Å². The number of fused-ring (bicyclic) bond motifs is 2. The van der Waals surface area contributed by atoms with Crippen LogP contribution < -0.4 is 9.47 Å². The van der Waals surface area contributed by atoms with E-state index in [0.29, 0.717) is 43.3 Å². The lowest BCUT2D eigenvalue weighted by molar-refractivity contribution is -0.134. The van der Waals surface area contributed by atoms with Crippen molar-refractivity contribution in [3.63, 3.8) is 0 Å². The molecule has 2 heterocycles. The summed E-state index contributed by atoms with van der Waals surface area (Å²) in [5, 5.41) is 0. The van der Waals surface area contributed by atoms with Gasteiger partial charge < -0.3 is 19.3 Å². The minimum absolute atomic E-state index is 0.0612. The van der Waals surface area contributed by atoms with Gasteiger partial charge in [0.25, 0.3) is 0 Å². The largest absolute Gasteiger partial charge is 0.493 e. The number of benzene rings is 3. The Kier molecular flexibility index (Phi) is 5.73. The molecule has 3 aromatic rings. The monoisotopic (exact) mass is 441 g/mol. The van der Waals surface area contributed by atoms with Crippen molar-refractivity contribution in [2.24, 2.45) is 4.99 Å². The van der Waals surface area contributed by atoms with Crippen molar-refractivity contribution in [3.8, 4) is 17.2 Å². The molecule has 0 spiro atoms. The quantitative estimate of drug-likeness (QED) is 0.594. The van der Waals surface area contributed by atoms with E-state index in [9.17, 15) is 4.79 Å². The van der Waals surface area contributed by atoms with Gasteiger partial charge in [-0.3, -0.25) is 4.79 Å². The third-order valence-corrected chi connectivity index (χ3v) is 6.19. The number of hydrogen-bond donors (Lipinski definition) is 0. The van der Waals surface area contributed by atoms with Gasteiger partial charge in [0.2, 0.25) is 5.91 Å². The zero-order valence-corrected chi connectivity index (χ0v) is 18.9. The number of hydrogen-bond acceptors (Lipinski definition) is 5. The highest BCUT2D eigenvalue weighted by atomic mass is 16.5. The molecule has 6 heteroatoms. The highest BCUT2D eigenvalue weighted by Gasteiger charge is 2.32. The first-order valence-electron chi connectivity index (χ1n) is 11.3. The number of ether oxygens (including phenoxy) is 2. The summed E-state index contributed by atoms with van der Waals surface area (Å²) in [4.78, 5) is 22.2. The lowest BCUT2D eigenvalue weighted by Crippen LogP contribution is -2.55. The van der Waals surface area contributed by atoms with Crippen LogP contribution in [-0.4, -0.2) is 54.3 Å². The molecule has 6 nitrogen and oxygen atoms in total. The molecule has 1 amide bonds. The summed E-state index contributed by atoms with van der Waals surface area (Å²) in [5.74, 6) is 3.03. The second kappa shape index (κ2) is 8.98. The van der Waals surface area contributed by atoms with E-state index in [1.165, 1.54) is 0 Å². The van der Waals surface area contributed by atoms with Crippen LogP contribution in [0.3, 0.4) is 0 Å². The van der Waals surface area contributed by atoms with E-state index in [4.69, 9.17) is 14.5 Å². The molecule has 0 saturated carbocycles. The van der Waals surface area contributed by atoms with E-state index in [0.717, 1.165) is 22.6 Å². The van der Waals surface area contributed by atoms with Crippen molar-refractivity contribution in [1.82, 2.24) is 9.80 Å². The molecule has 0 bridgehead atoms. The molecule has 3 aromatic carbocycles.